The fraction of sp³-hybridized carbons (Fsp3) is 0.462. The van der Waals surface area contributed by atoms with Crippen molar-refractivity contribution < 1.29 is 4.79 Å². The number of aryl methyl sites for hydroxylation is 1. The molecule has 0 aliphatic carbocycles. The average Bonchev–Trinajstić information content (AvgIpc) is 2.96. The predicted octanol–water partition coefficient (Wildman–Crippen LogP) is 1.60. The Kier molecular flexibility index (Phi) is 4.70. The van der Waals surface area contributed by atoms with Gasteiger partial charge in [0.1, 0.15) is 0 Å². The predicted molar refractivity (Wildman–Crippen MR) is 78.2 cm³/mol. The lowest BCUT2D eigenvalue weighted by atomic mass is 10.2. The highest BCUT2D eigenvalue weighted by Crippen LogP contribution is 2.22. The molecule has 0 radical (unpaired) electrons. The largest absolute Gasteiger partial charge is 0.348 e. The van der Waals surface area contributed by atoms with Gasteiger partial charge in [-0.15, -0.1) is 11.3 Å². The average molecular weight is 280 g/mol. The van der Waals surface area contributed by atoms with Crippen molar-refractivity contribution in [1.82, 2.24) is 5.32 Å². The minimum Gasteiger partial charge on any atom is -0.348 e. The Bertz CT molecular complexity index is 493. The zero-order valence-corrected chi connectivity index (χ0v) is 11.9. The van der Waals surface area contributed by atoms with Crippen molar-refractivity contribution in [2.45, 2.75) is 19.4 Å². The van der Waals surface area contributed by atoms with Crippen LogP contribution in [-0.4, -0.2) is 30.0 Å². The third kappa shape index (κ3) is 3.29. The fourth-order valence-electron chi connectivity index (χ4n) is 1.75. The van der Waals surface area contributed by atoms with Gasteiger partial charge < -0.3 is 11.1 Å². The summed E-state index contributed by atoms with van der Waals surface area (Å²) < 4.78 is 0. The van der Waals surface area contributed by atoms with Crippen LogP contribution < -0.4 is 11.1 Å². The van der Waals surface area contributed by atoms with E-state index in [4.69, 9.17) is 5.73 Å². The number of nitrogens with two attached hydrogens (primary N) is 1. The van der Waals surface area contributed by atoms with Crippen LogP contribution in [0.5, 0.6) is 0 Å². The molecule has 0 saturated carbocycles. The quantitative estimate of drug-likeness (QED) is 0.809. The number of hydrogen-bond donors (Lipinski definition) is 2. The molecule has 0 bridgehead atoms. The van der Waals surface area contributed by atoms with Crippen LogP contribution >= 0.6 is 23.1 Å². The normalized spacial score (nSPS) is 18.2. The summed E-state index contributed by atoms with van der Waals surface area (Å²) in [7, 11) is 0. The van der Waals surface area contributed by atoms with Gasteiger partial charge in [0, 0.05) is 11.8 Å². The molecule has 2 heterocycles. The second kappa shape index (κ2) is 6.28. The zero-order valence-electron chi connectivity index (χ0n) is 10.3. The summed E-state index contributed by atoms with van der Waals surface area (Å²) in [5.41, 5.74) is 6.40. The molecule has 18 heavy (non-hydrogen) atoms. The van der Waals surface area contributed by atoms with E-state index in [9.17, 15) is 4.79 Å². The molecule has 5 heteroatoms. The van der Waals surface area contributed by atoms with Crippen LogP contribution in [0.15, 0.2) is 6.07 Å². The van der Waals surface area contributed by atoms with E-state index in [1.165, 1.54) is 11.3 Å². The first kappa shape index (κ1) is 13.5. The van der Waals surface area contributed by atoms with Gasteiger partial charge in [-0.1, -0.05) is 11.8 Å². The Balaban J connectivity index is 2.06. The number of carbonyl (C=O) groups is 1. The Morgan fingerprint density at radius 3 is 3.17 bits per heavy atom. The molecule has 3 nitrogen and oxygen atoms in total. The summed E-state index contributed by atoms with van der Waals surface area (Å²) in [6.45, 7) is 2.32. The summed E-state index contributed by atoms with van der Waals surface area (Å²) in [6.07, 6.45) is 1.07. The Morgan fingerprint density at radius 1 is 1.67 bits per heavy atom. The first-order valence-electron chi connectivity index (χ1n) is 5.88. The van der Waals surface area contributed by atoms with Crippen LogP contribution in [0, 0.1) is 18.8 Å². The van der Waals surface area contributed by atoms with Gasteiger partial charge in [0.05, 0.1) is 16.3 Å². The molecule has 0 spiro atoms. The van der Waals surface area contributed by atoms with E-state index in [0.717, 1.165) is 33.2 Å². The standard InChI is InChI=1S/C13H16N2OS2/c1-9-7-12(18-11(9)3-2-5-14)13(16)15-10-4-6-17-8-10/h7,10H,4-6,8,14H2,1H3,(H,15,16). The van der Waals surface area contributed by atoms with Crippen LogP contribution in [0.4, 0.5) is 0 Å². The molecule has 1 unspecified atom stereocenters. The van der Waals surface area contributed by atoms with Crippen molar-refractivity contribution in [2.75, 3.05) is 18.1 Å². The second-order valence-corrected chi connectivity index (χ2v) is 6.36. The van der Waals surface area contributed by atoms with Crippen molar-refractivity contribution in [3.05, 3.63) is 21.4 Å². The summed E-state index contributed by atoms with van der Waals surface area (Å²) in [6, 6.07) is 2.23. The lowest BCUT2D eigenvalue weighted by Gasteiger charge is -2.09. The maximum atomic E-state index is 12.1. The monoisotopic (exact) mass is 280 g/mol. The van der Waals surface area contributed by atoms with E-state index >= 15 is 0 Å². The topological polar surface area (TPSA) is 55.1 Å². The highest BCUT2D eigenvalue weighted by Gasteiger charge is 2.19. The SMILES string of the molecule is Cc1cc(C(=O)NC2CCSC2)sc1C#CCN. The molecule has 1 aromatic heterocycles. The molecule has 1 aromatic rings. The number of carbonyl (C=O) groups excluding carboxylic acids is 1. The molecular weight excluding hydrogens is 264 g/mol. The van der Waals surface area contributed by atoms with Crippen molar-refractivity contribution in [2.24, 2.45) is 5.73 Å². The van der Waals surface area contributed by atoms with Gasteiger partial charge in [0.2, 0.25) is 0 Å². The summed E-state index contributed by atoms with van der Waals surface area (Å²) in [5, 5.41) is 3.07. The summed E-state index contributed by atoms with van der Waals surface area (Å²) in [5.74, 6) is 8.01. The van der Waals surface area contributed by atoms with Gasteiger partial charge in [0.25, 0.3) is 5.91 Å². The molecule has 1 amide bonds. The van der Waals surface area contributed by atoms with Gasteiger partial charge in [-0.25, -0.2) is 0 Å². The van der Waals surface area contributed by atoms with E-state index in [0.29, 0.717) is 12.6 Å². The first-order chi connectivity index (χ1) is 8.70. The van der Waals surface area contributed by atoms with Gasteiger partial charge in [0.15, 0.2) is 0 Å². The highest BCUT2D eigenvalue weighted by atomic mass is 32.2. The van der Waals surface area contributed by atoms with Gasteiger partial charge in [-0.3, -0.25) is 4.79 Å². The molecular formula is C13H16N2OS2. The van der Waals surface area contributed by atoms with Crippen molar-refractivity contribution in [3.63, 3.8) is 0 Å². The lowest BCUT2D eigenvalue weighted by molar-refractivity contribution is 0.0945. The minimum atomic E-state index is 0.0244. The Hall–Kier alpha value is -0.960. The second-order valence-electron chi connectivity index (χ2n) is 4.16. The van der Waals surface area contributed by atoms with Crippen molar-refractivity contribution >= 4 is 29.0 Å². The molecule has 1 aliphatic rings. The summed E-state index contributed by atoms with van der Waals surface area (Å²) in [4.78, 5) is 13.7. The highest BCUT2D eigenvalue weighted by molar-refractivity contribution is 7.99. The molecule has 1 atom stereocenters. The Labute approximate surface area is 116 Å². The number of rotatable bonds is 2. The van der Waals surface area contributed by atoms with E-state index < -0.39 is 0 Å². The third-order valence-electron chi connectivity index (χ3n) is 2.71. The number of amides is 1. The van der Waals surface area contributed by atoms with Crippen LogP contribution in [0.1, 0.15) is 26.5 Å². The van der Waals surface area contributed by atoms with Crippen molar-refractivity contribution in [1.29, 1.82) is 0 Å². The number of nitrogens with one attached hydrogen (secondary N) is 1. The van der Waals surface area contributed by atoms with E-state index in [-0.39, 0.29) is 5.91 Å². The molecule has 3 N–H and O–H groups in total. The Morgan fingerprint density at radius 2 is 2.50 bits per heavy atom. The minimum absolute atomic E-state index is 0.0244. The maximum Gasteiger partial charge on any atom is 0.261 e. The van der Waals surface area contributed by atoms with Gasteiger partial charge in [-0.2, -0.15) is 11.8 Å². The number of thioether (sulfide) groups is 1. The fourth-order valence-corrected chi connectivity index (χ4v) is 3.86. The molecule has 0 aromatic carbocycles. The molecule has 1 fully saturated rings. The van der Waals surface area contributed by atoms with Crippen LogP contribution in [0.2, 0.25) is 0 Å². The lowest BCUT2D eigenvalue weighted by Crippen LogP contribution is -2.34. The van der Waals surface area contributed by atoms with Crippen LogP contribution in [0.25, 0.3) is 0 Å². The van der Waals surface area contributed by atoms with Gasteiger partial charge in [-0.05, 0) is 30.7 Å². The first-order valence-corrected chi connectivity index (χ1v) is 7.86. The molecule has 2 rings (SSSR count). The van der Waals surface area contributed by atoms with Crippen molar-refractivity contribution in [3.8, 4) is 11.8 Å². The van der Waals surface area contributed by atoms with Crippen LogP contribution in [0.3, 0.4) is 0 Å². The van der Waals surface area contributed by atoms with E-state index in [2.05, 4.69) is 17.2 Å². The smallest absolute Gasteiger partial charge is 0.261 e. The number of hydrogen-bond acceptors (Lipinski definition) is 4. The molecule has 1 aliphatic heterocycles. The number of thiophene rings is 1. The van der Waals surface area contributed by atoms with E-state index in [1.54, 1.807) is 0 Å². The zero-order chi connectivity index (χ0) is 13.0. The molecule has 96 valence electrons. The summed E-state index contributed by atoms with van der Waals surface area (Å²) >= 11 is 3.33. The van der Waals surface area contributed by atoms with E-state index in [1.807, 2.05) is 24.8 Å². The maximum absolute atomic E-state index is 12.1. The third-order valence-corrected chi connectivity index (χ3v) is 5.02. The molecule has 1 saturated heterocycles. The van der Waals surface area contributed by atoms with Crippen LogP contribution in [-0.2, 0) is 0 Å². The van der Waals surface area contributed by atoms with Gasteiger partial charge >= 0.3 is 0 Å².